The summed E-state index contributed by atoms with van der Waals surface area (Å²) in [6, 6.07) is 16.3. The highest BCUT2D eigenvalue weighted by molar-refractivity contribution is 7.22. The third-order valence-electron chi connectivity index (χ3n) is 4.15. The SMILES string of the molecule is O=C(c1ccc(F)cc1)N(Cc1ccccc1)c1nc2c(F)cc(F)cc2s1. The average molecular weight is 398 g/mol. The monoisotopic (exact) mass is 398 g/mol. The van der Waals surface area contributed by atoms with Gasteiger partial charge in [0.05, 0.1) is 11.2 Å². The number of amides is 1. The zero-order valence-corrected chi connectivity index (χ0v) is 15.2. The van der Waals surface area contributed by atoms with Crippen LogP contribution in [-0.4, -0.2) is 10.9 Å². The van der Waals surface area contributed by atoms with Gasteiger partial charge in [0.25, 0.3) is 5.91 Å². The van der Waals surface area contributed by atoms with Crippen LogP contribution in [0.2, 0.25) is 0 Å². The molecule has 0 fully saturated rings. The Labute approximate surface area is 162 Å². The van der Waals surface area contributed by atoms with Crippen LogP contribution in [0.25, 0.3) is 10.2 Å². The van der Waals surface area contributed by atoms with E-state index in [-0.39, 0.29) is 22.8 Å². The average Bonchev–Trinajstić information content (AvgIpc) is 3.11. The summed E-state index contributed by atoms with van der Waals surface area (Å²) < 4.78 is 41.2. The van der Waals surface area contributed by atoms with Crippen molar-refractivity contribution < 1.29 is 18.0 Å². The molecule has 3 nitrogen and oxygen atoms in total. The summed E-state index contributed by atoms with van der Waals surface area (Å²) in [4.78, 5) is 18.7. The predicted octanol–water partition coefficient (Wildman–Crippen LogP) is 5.56. The fourth-order valence-electron chi connectivity index (χ4n) is 2.80. The van der Waals surface area contributed by atoms with Crippen LogP contribution in [0, 0.1) is 17.5 Å². The van der Waals surface area contributed by atoms with E-state index < -0.39 is 23.4 Å². The molecule has 0 atom stereocenters. The zero-order valence-electron chi connectivity index (χ0n) is 14.4. The molecule has 4 aromatic rings. The topological polar surface area (TPSA) is 33.2 Å². The maximum atomic E-state index is 14.1. The van der Waals surface area contributed by atoms with Gasteiger partial charge in [0.1, 0.15) is 17.2 Å². The van der Waals surface area contributed by atoms with Crippen LogP contribution in [0.5, 0.6) is 0 Å². The summed E-state index contributed by atoms with van der Waals surface area (Å²) in [6.45, 7) is 0.182. The van der Waals surface area contributed by atoms with Gasteiger partial charge in [0.15, 0.2) is 10.9 Å². The van der Waals surface area contributed by atoms with Crippen LogP contribution in [-0.2, 0) is 6.54 Å². The molecule has 0 N–H and O–H groups in total. The molecule has 0 spiro atoms. The molecule has 0 aliphatic carbocycles. The standard InChI is InChI=1S/C21H13F3N2OS/c22-15-8-6-14(7-9-15)20(27)26(12-13-4-2-1-3-5-13)21-25-19-17(24)10-16(23)11-18(19)28-21/h1-11H,12H2. The van der Waals surface area contributed by atoms with E-state index in [1.165, 1.54) is 35.2 Å². The van der Waals surface area contributed by atoms with E-state index in [4.69, 9.17) is 0 Å². The van der Waals surface area contributed by atoms with Gasteiger partial charge >= 0.3 is 0 Å². The fraction of sp³-hybridized carbons (Fsp3) is 0.0476. The van der Waals surface area contributed by atoms with Gasteiger partial charge in [0, 0.05) is 11.6 Å². The second kappa shape index (κ2) is 7.44. The van der Waals surface area contributed by atoms with Crippen molar-refractivity contribution in [3.63, 3.8) is 0 Å². The summed E-state index contributed by atoms with van der Waals surface area (Å²) in [5, 5.41) is 0.234. The van der Waals surface area contributed by atoms with Gasteiger partial charge in [-0.05, 0) is 35.9 Å². The number of aromatic nitrogens is 1. The molecule has 0 saturated heterocycles. The van der Waals surface area contributed by atoms with Gasteiger partial charge in [-0.15, -0.1) is 0 Å². The number of benzene rings is 3. The smallest absolute Gasteiger partial charge is 0.260 e. The highest BCUT2D eigenvalue weighted by Crippen LogP contribution is 2.32. The van der Waals surface area contributed by atoms with Crippen molar-refractivity contribution in [3.8, 4) is 0 Å². The molecule has 0 saturated carbocycles. The number of carbonyl (C=O) groups is 1. The van der Waals surface area contributed by atoms with Crippen LogP contribution in [0.3, 0.4) is 0 Å². The second-order valence-electron chi connectivity index (χ2n) is 6.11. The van der Waals surface area contributed by atoms with E-state index in [2.05, 4.69) is 4.98 Å². The predicted molar refractivity (Wildman–Crippen MR) is 103 cm³/mol. The minimum atomic E-state index is -0.786. The minimum Gasteiger partial charge on any atom is -0.279 e. The van der Waals surface area contributed by atoms with Crippen molar-refractivity contribution in [1.82, 2.24) is 4.98 Å². The van der Waals surface area contributed by atoms with Gasteiger partial charge < -0.3 is 0 Å². The van der Waals surface area contributed by atoms with E-state index in [1.807, 2.05) is 30.3 Å². The lowest BCUT2D eigenvalue weighted by Gasteiger charge is -2.20. The van der Waals surface area contributed by atoms with Crippen molar-refractivity contribution >= 4 is 32.6 Å². The summed E-state index contributed by atoms with van der Waals surface area (Å²) in [5.41, 5.74) is 1.11. The van der Waals surface area contributed by atoms with Crippen molar-refractivity contribution in [3.05, 3.63) is 95.3 Å². The number of fused-ring (bicyclic) bond motifs is 1. The molecular formula is C21H13F3N2OS. The largest absolute Gasteiger partial charge is 0.279 e. The number of rotatable bonds is 4. The molecule has 0 aliphatic rings. The minimum absolute atomic E-state index is 0.00590. The molecule has 4 rings (SSSR count). The lowest BCUT2D eigenvalue weighted by molar-refractivity contribution is 0.0985. The first-order valence-electron chi connectivity index (χ1n) is 8.38. The molecule has 0 aliphatic heterocycles. The van der Waals surface area contributed by atoms with Crippen LogP contribution >= 0.6 is 11.3 Å². The zero-order chi connectivity index (χ0) is 19.7. The van der Waals surface area contributed by atoms with Crippen molar-refractivity contribution in [2.75, 3.05) is 4.90 Å². The number of hydrogen-bond donors (Lipinski definition) is 0. The number of halogens is 3. The van der Waals surface area contributed by atoms with Gasteiger partial charge in [0.2, 0.25) is 0 Å². The van der Waals surface area contributed by atoms with Crippen LogP contribution < -0.4 is 4.90 Å². The Bertz CT molecular complexity index is 1140. The highest BCUT2D eigenvalue weighted by Gasteiger charge is 2.23. The van der Waals surface area contributed by atoms with Crippen molar-refractivity contribution in [2.45, 2.75) is 6.54 Å². The number of carbonyl (C=O) groups excluding carboxylic acids is 1. The summed E-state index contributed by atoms with van der Waals surface area (Å²) >= 11 is 1.02. The number of nitrogens with zero attached hydrogens (tertiary/aromatic N) is 2. The Hall–Kier alpha value is -3.19. The quantitative estimate of drug-likeness (QED) is 0.451. The Balaban J connectivity index is 1.79. The maximum Gasteiger partial charge on any atom is 0.260 e. The third-order valence-corrected chi connectivity index (χ3v) is 5.18. The molecule has 3 aromatic carbocycles. The second-order valence-corrected chi connectivity index (χ2v) is 7.12. The van der Waals surface area contributed by atoms with E-state index >= 15 is 0 Å². The molecule has 1 aromatic heterocycles. The van der Waals surface area contributed by atoms with Crippen LogP contribution in [0.4, 0.5) is 18.3 Å². The molecule has 0 bridgehead atoms. The van der Waals surface area contributed by atoms with Gasteiger partial charge in [-0.1, -0.05) is 41.7 Å². The summed E-state index contributed by atoms with van der Waals surface area (Å²) in [5.74, 6) is -2.36. The number of anilines is 1. The van der Waals surface area contributed by atoms with Crippen LogP contribution in [0.1, 0.15) is 15.9 Å². The Kier molecular flexibility index (Phi) is 4.83. The molecular weight excluding hydrogens is 385 g/mol. The van der Waals surface area contributed by atoms with E-state index in [1.54, 1.807) is 0 Å². The number of hydrogen-bond acceptors (Lipinski definition) is 3. The lowest BCUT2D eigenvalue weighted by atomic mass is 10.1. The number of thiazole rings is 1. The highest BCUT2D eigenvalue weighted by atomic mass is 32.1. The van der Waals surface area contributed by atoms with Crippen LogP contribution in [0.15, 0.2) is 66.7 Å². The van der Waals surface area contributed by atoms with Crippen molar-refractivity contribution in [1.29, 1.82) is 0 Å². The molecule has 7 heteroatoms. The molecule has 140 valence electrons. The lowest BCUT2D eigenvalue weighted by Crippen LogP contribution is -2.30. The molecule has 0 unspecified atom stereocenters. The first-order chi connectivity index (χ1) is 13.5. The van der Waals surface area contributed by atoms with Gasteiger partial charge in [-0.25, -0.2) is 18.2 Å². The summed E-state index contributed by atoms with van der Waals surface area (Å²) in [6.07, 6.45) is 0. The fourth-order valence-corrected chi connectivity index (χ4v) is 3.80. The Morgan fingerprint density at radius 3 is 2.36 bits per heavy atom. The molecule has 1 amide bonds. The summed E-state index contributed by atoms with van der Waals surface area (Å²) in [7, 11) is 0. The molecule has 1 heterocycles. The van der Waals surface area contributed by atoms with E-state index in [9.17, 15) is 18.0 Å². The Morgan fingerprint density at radius 2 is 1.64 bits per heavy atom. The van der Waals surface area contributed by atoms with E-state index in [0.29, 0.717) is 4.70 Å². The van der Waals surface area contributed by atoms with Gasteiger partial charge in [-0.3, -0.25) is 9.69 Å². The molecule has 28 heavy (non-hydrogen) atoms. The molecule has 0 radical (unpaired) electrons. The third kappa shape index (κ3) is 3.61. The van der Waals surface area contributed by atoms with E-state index in [0.717, 1.165) is 23.0 Å². The first-order valence-corrected chi connectivity index (χ1v) is 9.20. The van der Waals surface area contributed by atoms with Crippen molar-refractivity contribution in [2.24, 2.45) is 0 Å². The maximum absolute atomic E-state index is 14.1. The normalized spacial score (nSPS) is 11.0. The Morgan fingerprint density at radius 1 is 0.929 bits per heavy atom. The first kappa shape index (κ1) is 18.2. The van der Waals surface area contributed by atoms with Gasteiger partial charge in [-0.2, -0.15) is 0 Å².